The van der Waals surface area contributed by atoms with Gasteiger partial charge in [0.05, 0.1) is 11.4 Å². The van der Waals surface area contributed by atoms with Crippen LogP contribution in [0.1, 0.15) is 40.3 Å². The Morgan fingerprint density at radius 3 is 2.76 bits per heavy atom. The molecule has 0 saturated carbocycles. The van der Waals surface area contributed by atoms with Gasteiger partial charge in [-0.05, 0) is 62.7 Å². The lowest BCUT2D eigenvalue weighted by atomic mass is 10.1. The van der Waals surface area contributed by atoms with E-state index in [9.17, 15) is 4.79 Å². The molecule has 1 fully saturated rings. The van der Waals surface area contributed by atoms with E-state index in [4.69, 9.17) is 11.6 Å². The van der Waals surface area contributed by atoms with Gasteiger partial charge >= 0.3 is 0 Å². The van der Waals surface area contributed by atoms with E-state index in [1.165, 1.54) is 42.4 Å². The van der Waals surface area contributed by atoms with Crippen molar-refractivity contribution in [1.29, 1.82) is 0 Å². The summed E-state index contributed by atoms with van der Waals surface area (Å²) in [6.45, 7) is 5.80. The topological polar surface area (TPSA) is 88.8 Å². The Bertz CT molecular complexity index is 1350. The van der Waals surface area contributed by atoms with Crippen LogP contribution < -0.4 is 5.32 Å². The Balaban J connectivity index is 1.28. The normalized spacial score (nSPS) is 14.1. The largest absolute Gasteiger partial charge is 0.349 e. The van der Waals surface area contributed by atoms with Crippen LogP contribution in [0.5, 0.6) is 0 Å². The number of piperidine rings is 1. The Hall–Kier alpha value is -2.79. The number of nitrogens with zero attached hydrogens (tertiary/aromatic N) is 6. The lowest BCUT2D eigenvalue weighted by Crippen LogP contribution is -2.37. The molecule has 3 aromatic heterocycles. The zero-order valence-corrected chi connectivity index (χ0v) is 23.0. The SMILES string of the molecule is Cc1ccc(Cl)cc1-n1c(SCc2nc(C(=O)NCCN3CCCCC3)cs2)nnc1-c1ccncc1. The van der Waals surface area contributed by atoms with Gasteiger partial charge in [0.15, 0.2) is 11.0 Å². The summed E-state index contributed by atoms with van der Waals surface area (Å²) in [4.78, 5) is 23.7. The fraction of sp³-hybridized carbons (Fsp3) is 0.346. The number of halogens is 1. The summed E-state index contributed by atoms with van der Waals surface area (Å²) in [5.74, 6) is 1.16. The third-order valence-electron chi connectivity index (χ3n) is 6.26. The highest BCUT2D eigenvalue weighted by atomic mass is 35.5. The predicted octanol–water partition coefficient (Wildman–Crippen LogP) is 5.26. The quantitative estimate of drug-likeness (QED) is 0.283. The van der Waals surface area contributed by atoms with E-state index in [1.54, 1.807) is 12.4 Å². The summed E-state index contributed by atoms with van der Waals surface area (Å²) in [7, 11) is 0. The number of thiazole rings is 1. The monoisotopic (exact) mass is 553 g/mol. The van der Waals surface area contributed by atoms with Gasteiger partial charge in [0, 0.05) is 41.4 Å². The molecule has 37 heavy (non-hydrogen) atoms. The Labute approximate surface area is 229 Å². The van der Waals surface area contributed by atoms with Gasteiger partial charge in [-0.3, -0.25) is 14.3 Å². The van der Waals surface area contributed by atoms with Gasteiger partial charge in [-0.2, -0.15) is 0 Å². The molecule has 192 valence electrons. The van der Waals surface area contributed by atoms with Crippen molar-refractivity contribution in [1.82, 2.24) is 34.9 Å². The van der Waals surface area contributed by atoms with Crippen LogP contribution in [-0.4, -0.2) is 61.7 Å². The third-order valence-corrected chi connectivity index (χ3v) is 8.46. The number of hydrogen-bond donors (Lipinski definition) is 1. The van der Waals surface area contributed by atoms with Crippen LogP contribution in [0.3, 0.4) is 0 Å². The molecule has 1 amide bonds. The van der Waals surface area contributed by atoms with E-state index in [-0.39, 0.29) is 5.91 Å². The number of pyridine rings is 1. The maximum absolute atomic E-state index is 12.6. The predicted molar refractivity (Wildman–Crippen MR) is 149 cm³/mol. The first-order valence-corrected chi connectivity index (χ1v) is 14.5. The molecule has 1 aromatic carbocycles. The number of amides is 1. The molecular formula is C26H28ClN7OS2. The van der Waals surface area contributed by atoms with Crippen LogP contribution in [0.15, 0.2) is 53.3 Å². The second-order valence-corrected chi connectivity index (χ2v) is 11.2. The highest BCUT2D eigenvalue weighted by Gasteiger charge is 2.19. The van der Waals surface area contributed by atoms with Crippen molar-refractivity contribution in [3.63, 3.8) is 0 Å². The zero-order chi connectivity index (χ0) is 25.6. The molecule has 11 heteroatoms. The molecule has 1 aliphatic rings. The Kier molecular flexibility index (Phi) is 8.50. The minimum atomic E-state index is -0.123. The first kappa shape index (κ1) is 25.8. The van der Waals surface area contributed by atoms with E-state index in [0.29, 0.717) is 28.8 Å². The van der Waals surface area contributed by atoms with Crippen molar-refractivity contribution < 1.29 is 4.79 Å². The second kappa shape index (κ2) is 12.2. The molecule has 5 rings (SSSR count). The highest BCUT2D eigenvalue weighted by molar-refractivity contribution is 7.98. The average Bonchev–Trinajstić information content (AvgIpc) is 3.57. The van der Waals surface area contributed by atoms with E-state index in [0.717, 1.165) is 46.6 Å². The molecule has 4 aromatic rings. The lowest BCUT2D eigenvalue weighted by Gasteiger charge is -2.26. The molecule has 1 saturated heterocycles. The number of nitrogens with one attached hydrogen (secondary N) is 1. The van der Waals surface area contributed by atoms with Crippen LogP contribution >= 0.6 is 34.7 Å². The number of benzene rings is 1. The lowest BCUT2D eigenvalue weighted by molar-refractivity contribution is 0.0942. The molecule has 0 atom stereocenters. The van der Waals surface area contributed by atoms with Crippen molar-refractivity contribution in [3.05, 3.63) is 69.4 Å². The van der Waals surface area contributed by atoms with Gasteiger partial charge < -0.3 is 10.2 Å². The molecule has 1 N–H and O–H groups in total. The van der Waals surface area contributed by atoms with Crippen molar-refractivity contribution in [2.45, 2.75) is 37.1 Å². The maximum Gasteiger partial charge on any atom is 0.270 e. The molecule has 0 radical (unpaired) electrons. The van der Waals surface area contributed by atoms with E-state index in [1.807, 2.05) is 47.2 Å². The molecule has 4 heterocycles. The van der Waals surface area contributed by atoms with Crippen molar-refractivity contribution >= 4 is 40.6 Å². The van der Waals surface area contributed by atoms with E-state index >= 15 is 0 Å². The number of thioether (sulfide) groups is 1. The zero-order valence-electron chi connectivity index (χ0n) is 20.6. The Morgan fingerprint density at radius 2 is 1.95 bits per heavy atom. The van der Waals surface area contributed by atoms with Gasteiger partial charge in [0.2, 0.25) is 0 Å². The van der Waals surface area contributed by atoms with Crippen LogP contribution in [0.4, 0.5) is 0 Å². The van der Waals surface area contributed by atoms with Crippen LogP contribution in [0, 0.1) is 6.92 Å². The molecule has 0 spiro atoms. The van der Waals surface area contributed by atoms with Gasteiger partial charge in [-0.1, -0.05) is 35.9 Å². The average molecular weight is 554 g/mol. The minimum absolute atomic E-state index is 0.123. The molecule has 0 aliphatic carbocycles. The summed E-state index contributed by atoms with van der Waals surface area (Å²) >= 11 is 9.36. The maximum atomic E-state index is 12.6. The van der Waals surface area contributed by atoms with Crippen molar-refractivity contribution in [3.8, 4) is 17.1 Å². The molecule has 0 unspecified atom stereocenters. The summed E-state index contributed by atoms with van der Waals surface area (Å²) in [6.07, 6.45) is 7.27. The summed E-state index contributed by atoms with van der Waals surface area (Å²) in [6, 6.07) is 9.60. The standard InChI is InChI=1S/C26H28ClN7OS2/c1-18-5-6-20(27)15-22(18)34-24(19-7-9-28-10-8-19)31-32-26(34)37-17-23-30-21(16-36-23)25(35)29-11-14-33-12-3-2-4-13-33/h5-10,15-16H,2-4,11-14,17H2,1H3,(H,29,35). The number of likely N-dealkylation sites (tertiary alicyclic amines) is 1. The molecular weight excluding hydrogens is 526 g/mol. The van der Waals surface area contributed by atoms with Gasteiger partial charge in [-0.15, -0.1) is 21.5 Å². The first-order valence-electron chi connectivity index (χ1n) is 12.3. The highest BCUT2D eigenvalue weighted by Crippen LogP contribution is 2.32. The molecule has 0 bridgehead atoms. The van der Waals surface area contributed by atoms with E-state index < -0.39 is 0 Å². The molecule has 1 aliphatic heterocycles. The number of aromatic nitrogens is 5. The summed E-state index contributed by atoms with van der Waals surface area (Å²) < 4.78 is 2.02. The summed E-state index contributed by atoms with van der Waals surface area (Å²) in [5.41, 5.74) is 3.34. The Morgan fingerprint density at radius 1 is 1.14 bits per heavy atom. The number of carbonyl (C=O) groups is 1. The van der Waals surface area contributed by atoms with Crippen LogP contribution in [0.25, 0.3) is 17.1 Å². The van der Waals surface area contributed by atoms with Gasteiger partial charge in [0.25, 0.3) is 5.91 Å². The van der Waals surface area contributed by atoms with E-state index in [2.05, 4.69) is 30.4 Å². The van der Waals surface area contributed by atoms with Gasteiger partial charge in [0.1, 0.15) is 10.7 Å². The molecule has 8 nitrogen and oxygen atoms in total. The number of rotatable bonds is 9. The minimum Gasteiger partial charge on any atom is -0.349 e. The third kappa shape index (κ3) is 6.38. The fourth-order valence-electron chi connectivity index (χ4n) is 4.30. The van der Waals surface area contributed by atoms with Crippen molar-refractivity contribution in [2.75, 3.05) is 26.2 Å². The van der Waals surface area contributed by atoms with Crippen LogP contribution in [0.2, 0.25) is 5.02 Å². The fourth-order valence-corrected chi connectivity index (χ4v) is 6.20. The smallest absolute Gasteiger partial charge is 0.270 e. The second-order valence-electron chi connectivity index (χ2n) is 8.88. The number of carbonyl (C=O) groups excluding carboxylic acids is 1. The number of hydrogen-bond acceptors (Lipinski definition) is 8. The van der Waals surface area contributed by atoms with Gasteiger partial charge in [-0.25, -0.2) is 4.98 Å². The van der Waals surface area contributed by atoms with Crippen molar-refractivity contribution in [2.24, 2.45) is 0 Å². The first-order chi connectivity index (χ1) is 18.1. The summed E-state index contributed by atoms with van der Waals surface area (Å²) in [5, 5.41) is 16.0. The number of aryl methyl sites for hydroxylation is 1. The van der Waals surface area contributed by atoms with Crippen LogP contribution in [-0.2, 0) is 5.75 Å².